The smallest absolute Gasteiger partial charge is 0.338 e. The molecule has 2 aromatic rings. The summed E-state index contributed by atoms with van der Waals surface area (Å²) in [6.07, 6.45) is 1.39. The quantitative estimate of drug-likeness (QED) is 0.397. The molecule has 0 saturated carbocycles. The molecule has 1 aliphatic heterocycles. The maximum absolute atomic E-state index is 12.5. The van der Waals surface area contributed by atoms with Crippen molar-refractivity contribution < 1.29 is 33.2 Å². The summed E-state index contributed by atoms with van der Waals surface area (Å²) < 4.78 is 15.6. The molecule has 0 unspecified atom stereocenters. The zero-order valence-corrected chi connectivity index (χ0v) is 15.7. The van der Waals surface area contributed by atoms with E-state index in [2.05, 4.69) is 10.6 Å². The van der Waals surface area contributed by atoms with Gasteiger partial charge in [0, 0.05) is 12.1 Å². The van der Waals surface area contributed by atoms with Crippen LogP contribution in [0.5, 0.6) is 0 Å². The lowest BCUT2D eigenvalue weighted by Crippen LogP contribution is -2.47. The maximum Gasteiger partial charge on any atom is 0.338 e. The minimum atomic E-state index is -0.930. The topological polar surface area (TPSA) is 150 Å². The lowest BCUT2D eigenvalue weighted by atomic mass is 10.0. The molecule has 0 radical (unpaired) electrons. The number of rotatable bonds is 7. The fourth-order valence-corrected chi connectivity index (χ4v) is 2.79. The van der Waals surface area contributed by atoms with Gasteiger partial charge in [0.2, 0.25) is 0 Å². The number of carbonyl (C=O) groups is 3. The highest BCUT2D eigenvalue weighted by Gasteiger charge is 2.35. The number of benzene rings is 1. The Labute approximate surface area is 169 Å². The third-order valence-corrected chi connectivity index (χ3v) is 4.14. The summed E-state index contributed by atoms with van der Waals surface area (Å²) in [6.45, 7) is 1.29. The van der Waals surface area contributed by atoms with Gasteiger partial charge in [-0.1, -0.05) is 0 Å². The van der Waals surface area contributed by atoms with E-state index >= 15 is 0 Å². The molecular weight excluding hydrogens is 398 g/mol. The van der Waals surface area contributed by atoms with Gasteiger partial charge < -0.3 is 24.5 Å². The summed E-state index contributed by atoms with van der Waals surface area (Å²) in [5.74, 6) is -1.21. The molecule has 1 aliphatic rings. The van der Waals surface area contributed by atoms with Crippen molar-refractivity contribution in [3.8, 4) is 0 Å². The van der Waals surface area contributed by atoms with Crippen LogP contribution in [0.4, 0.5) is 10.5 Å². The third kappa shape index (κ3) is 4.46. The van der Waals surface area contributed by atoms with Crippen LogP contribution < -0.4 is 10.6 Å². The number of hydrogen-bond acceptors (Lipinski definition) is 8. The van der Waals surface area contributed by atoms with E-state index in [1.165, 1.54) is 30.5 Å². The van der Waals surface area contributed by atoms with E-state index in [1.54, 1.807) is 19.1 Å². The summed E-state index contributed by atoms with van der Waals surface area (Å²) in [7, 11) is 0. The summed E-state index contributed by atoms with van der Waals surface area (Å²) in [5, 5.41) is 15.7. The molecule has 11 heteroatoms. The summed E-state index contributed by atoms with van der Waals surface area (Å²) >= 11 is 0. The fourth-order valence-electron chi connectivity index (χ4n) is 2.79. The number of nitrogens with zero attached hydrogens (tertiary/aromatic N) is 1. The molecule has 0 saturated heterocycles. The molecule has 30 heavy (non-hydrogen) atoms. The van der Waals surface area contributed by atoms with Gasteiger partial charge in [0.1, 0.15) is 18.4 Å². The highest BCUT2D eigenvalue weighted by Crippen LogP contribution is 2.28. The summed E-state index contributed by atoms with van der Waals surface area (Å²) in [4.78, 5) is 47.0. The van der Waals surface area contributed by atoms with Gasteiger partial charge in [0.05, 0.1) is 34.6 Å². The first kappa shape index (κ1) is 20.6. The molecule has 156 valence electrons. The number of hydrogen-bond donors (Lipinski definition) is 2. The van der Waals surface area contributed by atoms with Crippen molar-refractivity contribution in [2.75, 3.05) is 13.2 Å². The van der Waals surface area contributed by atoms with E-state index in [4.69, 9.17) is 13.9 Å². The molecule has 2 amide bonds. The van der Waals surface area contributed by atoms with Crippen molar-refractivity contribution in [1.29, 1.82) is 0 Å². The number of nitro groups is 1. The minimum Gasteiger partial charge on any atom is -0.467 e. The average Bonchev–Trinajstić information content (AvgIpc) is 3.26. The first-order valence-corrected chi connectivity index (χ1v) is 8.83. The molecule has 1 aromatic heterocycles. The van der Waals surface area contributed by atoms with Crippen molar-refractivity contribution in [2.24, 2.45) is 0 Å². The van der Waals surface area contributed by atoms with Crippen LogP contribution in [-0.2, 0) is 14.3 Å². The van der Waals surface area contributed by atoms with Gasteiger partial charge in [-0.3, -0.25) is 10.1 Å². The van der Waals surface area contributed by atoms with E-state index in [9.17, 15) is 24.5 Å². The van der Waals surface area contributed by atoms with Gasteiger partial charge in [0.15, 0.2) is 0 Å². The molecule has 3 rings (SSSR count). The molecular formula is C19H17N3O8. The largest absolute Gasteiger partial charge is 0.467 e. The van der Waals surface area contributed by atoms with E-state index in [1.807, 2.05) is 0 Å². The van der Waals surface area contributed by atoms with Crippen molar-refractivity contribution in [3.05, 3.63) is 75.4 Å². The normalized spacial score (nSPS) is 15.8. The molecule has 11 nitrogen and oxygen atoms in total. The number of carbonyl (C=O) groups excluding carboxylic acids is 3. The maximum atomic E-state index is 12.5. The van der Waals surface area contributed by atoms with Gasteiger partial charge >= 0.3 is 18.0 Å². The Morgan fingerprint density at radius 1 is 1.17 bits per heavy atom. The number of furan rings is 1. The zero-order valence-electron chi connectivity index (χ0n) is 15.7. The van der Waals surface area contributed by atoms with E-state index in [0.29, 0.717) is 5.76 Å². The van der Waals surface area contributed by atoms with E-state index < -0.39 is 35.5 Å². The Hall–Kier alpha value is -4.15. The average molecular weight is 415 g/mol. The number of nitro benzene ring substituents is 1. The van der Waals surface area contributed by atoms with Gasteiger partial charge in [-0.05, 0) is 31.2 Å². The lowest BCUT2D eigenvalue weighted by molar-refractivity contribution is -0.384. The SMILES string of the molecule is CCOC(=O)C1=C(COC(=O)c2ccc([N+](=O)[O-])cc2)NC(=O)N[C@@H]1c1ccco1. The Balaban J connectivity index is 1.84. The number of ether oxygens (including phenoxy) is 2. The van der Waals surface area contributed by atoms with Crippen molar-refractivity contribution in [2.45, 2.75) is 13.0 Å². The fraction of sp³-hybridized carbons (Fsp3) is 0.211. The van der Waals surface area contributed by atoms with Gasteiger partial charge in [0.25, 0.3) is 5.69 Å². The standard InChI is InChI=1S/C19H17N3O8/c1-2-28-18(24)15-13(20-19(25)21-16(15)14-4-3-9-29-14)10-30-17(23)11-5-7-12(8-6-11)22(26)27/h3-9,16H,2,10H2,1H3,(H2,20,21,25)/t16-/m1/s1. The van der Waals surface area contributed by atoms with Crippen molar-refractivity contribution in [3.63, 3.8) is 0 Å². The predicted molar refractivity (Wildman–Crippen MR) is 100 cm³/mol. The second-order valence-corrected chi connectivity index (χ2v) is 6.04. The number of non-ortho nitro benzene ring substituents is 1. The highest BCUT2D eigenvalue weighted by atomic mass is 16.6. The van der Waals surface area contributed by atoms with Crippen molar-refractivity contribution >= 4 is 23.7 Å². The molecule has 1 atom stereocenters. The summed E-state index contributed by atoms with van der Waals surface area (Å²) in [6, 6.07) is 6.45. The Morgan fingerprint density at radius 2 is 1.90 bits per heavy atom. The Bertz CT molecular complexity index is 995. The molecule has 0 spiro atoms. The molecule has 2 N–H and O–H groups in total. The monoisotopic (exact) mass is 415 g/mol. The Kier molecular flexibility index (Phi) is 6.11. The number of nitrogens with one attached hydrogen (secondary N) is 2. The molecule has 0 aliphatic carbocycles. The predicted octanol–water partition coefficient (Wildman–Crippen LogP) is 2.22. The van der Waals surface area contributed by atoms with Gasteiger partial charge in [-0.2, -0.15) is 0 Å². The highest BCUT2D eigenvalue weighted by molar-refractivity contribution is 5.95. The van der Waals surface area contributed by atoms with E-state index in [-0.39, 0.29) is 29.1 Å². The summed E-state index contributed by atoms with van der Waals surface area (Å²) in [5.41, 5.74) is -0.0377. The lowest BCUT2D eigenvalue weighted by Gasteiger charge is -2.27. The number of urea groups is 1. The van der Waals surface area contributed by atoms with E-state index in [0.717, 1.165) is 0 Å². The molecule has 0 fully saturated rings. The van der Waals surface area contributed by atoms with Gasteiger partial charge in [-0.25, -0.2) is 14.4 Å². The molecule has 1 aromatic carbocycles. The first-order valence-electron chi connectivity index (χ1n) is 8.83. The zero-order chi connectivity index (χ0) is 21.7. The van der Waals surface area contributed by atoms with Crippen LogP contribution in [0.2, 0.25) is 0 Å². The van der Waals surface area contributed by atoms with Crippen LogP contribution in [0.15, 0.2) is 58.3 Å². The van der Waals surface area contributed by atoms with Crippen LogP contribution >= 0.6 is 0 Å². The minimum absolute atomic E-state index is 0.0305. The van der Waals surface area contributed by atoms with Crippen LogP contribution in [0, 0.1) is 10.1 Å². The second-order valence-electron chi connectivity index (χ2n) is 6.04. The van der Waals surface area contributed by atoms with Crippen LogP contribution in [0.25, 0.3) is 0 Å². The number of esters is 2. The molecule has 0 bridgehead atoms. The Morgan fingerprint density at radius 3 is 2.50 bits per heavy atom. The van der Waals surface area contributed by atoms with Crippen LogP contribution in [0.1, 0.15) is 29.1 Å². The third-order valence-electron chi connectivity index (χ3n) is 4.14. The first-order chi connectivity index (χ1) is 14.4. The van der Waals surface area contributed by atoms with Gasteiger partial charge in [-0.15, -0.1) is 0 Å². The van der Waals surface area contributed by atoms with Crippen molar-refractivity contribution in [1.82, 2.24) is 10.6 Å². The second kappa shape index (κ2) is 8.90. The van der Waals surface area contributed by atoms with Crippen LogP contribution in [0.3, 0.4) is 0 Å². The van der Waals surface area contributed by atoms with Crippen LogP contribution in [-0.4, -0.2) is 36.1 Å². The molecule has 2 heterocycles. The number of amides is 2.